The van der Waals surface area contributed by atoms with Crippen molar-refractivity contribution >= 4 is 11.8 Å². The second kappa shape index (κ2) is 5.98. The molecule has 0 spiro atoms. The lowest BCUT2D eigenvalue weighted by atomic mass is 10.0. The number of amides is 2. The third-order valence-corrected chi connectivity index (χ3v) is 3.72. The molecule has 1 fully saturated rings. The van der Waals surface area contributed by atoms with Crippen LogP contribution in [-0.2, 0) is 15.8 Å². The van der Waals surface area contributed by atoms with Crippen molar-refractivity contribution in [1.29, 1.82) is 0 Å². The molecule has 0 aliphatic heterocycles. The van der Waals surface area contributed by atoms with Gasteiger partial charge in [-0.3, -0.25) is 9.59 Å². The van der Waals surface area contributed by atoms with Crippen LogP contribution in [0.5, 0.6) is 0 Å². The SMILES string of the molecule is CC(=O)N(C)CC(=O)N[C@H]1C[C@@H]1c1ccccc1C(F)(F)F. The van der Waals surface area contributed by atoms with E-state index in [1.807, 2.05) is 0 Å². The van der Waals surface area contributed by atoms with Gasteiger partial charge in [0.15, 0.2) is 0 Å². The molecular weight excluding hydrogens is 297 g/mol. The zero-order valence-electron chi connectivity index (χ0n) is 12.3. The number of rotatable bonds is 4. The molecule has 1 N–H and O–H groups in total. The van der Waals surface area contributed by atoms with Crippen molar-refractivity contribution in [2.24, 2.45) is 0 Å². The molecule has 0 unspecified atom stereocenters. The Balaban J connectivity index is 1.99. The zero-order valence-corrected chi connectivity index (χ0v) is 12.3. The summed E-state index contributed by atoms with van der Waals surface area (Å²) in [4.78, 5) is 24.0. The van der Waals surface area contributed by atoms with Crippen molar-refractivity contribution in [3.63, 3.8) is 0 Å². The fourth-order valence-corrected chi connectivity index (χ4v) is 2.36. The molecule has 2 atom stereocenters. The molecule has 1 aliphatic rings. The minimum absolute atomic E-state index is 0.0977. The van der Waals surface area contributed by atoms with Gasteiger partial charge in [-0.25, -0.2) is 0 Å². The second-order valence-corrected chi connectivity index (χ2v) is 5.48. The van der Waals surface area contributed by atoms with E-state index in [0.717, 1.165) is 6.07 Å². The number of alkyl halides is 3. The van der Waals surface area contributed by atoms with E-state index in [0.29, 0.717) is 6.42 Å². The number of nitrogens with one attached hydrogen (secondary N) is 1. The fraction of sp³-hybridized carbons (Fsp3) is 0.467. The molecule has 1 saturated carbocycles. The van der Waals surface area contributed by atoms with Gasteiger partial charge in [-0.2, -0.15) is 13.2 Å². The van der Waals surface area contributed by atoms with E-state index in [4.69, 9.17) is 0 Å². The first kappa shape index (κ1) is 16.3. The molecule has 0 radical (unpaired) electrons. The molecule has 1 aromatic carbocycles. The Morgan fingerprint density at radius 3 is 2.55 bits per heavy atom. The van der Waals surface area contributed by atoms with E-state index in [2.05, 4.69) is 5.32 Å². The summed E-state index contributed by atoms with van der Waals surface area (Å²) in [6, 6.07) is 5.10. The summed E-state index contributed by atoms with van der Waals surface area (Å²) >= 11 is 0. The normalized spacial score (nSPS) is 20.4. The molecule has 120 valence electrons. The number of halogens is 3. The van der Waals surface area contributed by atoms with E-state index in [-0.39, 0.29) is 35.9 Å². The summed E-state index contributed by atoms with van der Waals surface area (Å²) in [7, 11) is 1.49. The summed E-state index contributed by atoms with van der Waals surface area (Å²) in [5, 5.41) is 2.67. The van der Waals surface area contributed by atoms with Crippen molar-refractivity contribution in [3.8, 4) is 0 Å². The molecule has 0 saturated heterocycles. The monoisotopic (exact) mass is 314 g/mol. The van der Waals surface area contributed by atoms with Crippen LogP contribution in [-0.4, -0.2) is 36.3 Å². The maximum atomic E-state index is 13.0. The van der Waals surface area contributed by atoms with Crippen LogP contribution < -0.4 is 5.32 Å². The highest BCUT2D eigenvalue weighted by Gasteiger charge is 2.44. The van der Waals surface area contributed by atoms with E-state index >= 15 is 0 Å². The Labute approximate surface area is 126 Å². The third kappa shape index (κ3) is 3.78. The third-order valence-electron chi connectivity index (χ3n) is 3.72. The van der Waals surface area contributed by atoms with Crippen molar-refractivity contribution in [2.75, 3.05) is 13.6 Å². The van der Waals surface area contributed by atoms with Crippen LogP contribution in [0, 0.1) is 0 Å². The zero-order chi connectivity index (χ0) is 16.5. The molecule has 4 nitrogen and oxygen atoms in total. The first-order valence-electron chi connectivity index (χ1n) is 6.87. The summed E-state index contributed by atoms with van der Waals surface area (Å²) in [6.45, 7) is 1.24. The van der Waals surface area contributed by atoms with Crippen molar-refractivity contribution in [3.05, 3.63) is 35.4 Å². The predicted octanol–water partition coefficient (Wildman–Crippen LogP) is 2.16. The Kier molecular flexibility index (Phi) is 4.44. The molecule has 1 aromatic rings. The van der Waals surface area contributed by atoms with Gasteiger partial charge in [-0.05, 0) is 18.1 Å². The number of hydrogen-bond acceptors (Lipinski definition) is 2. The molecule has 1 aliphatic carbocycles. The highest BCUT2D eigenvalue weighted by molar-refractivity contribution is 5.84. The van der Waals surface area contributed by atoms with Gasteiger partial charge in [0, 0.05) is 25.9 Å². The number of carbonyl (C=O) groups excluding carboxylic acids is 2. The van der Waals surface area contributed by atoms with Gasteiger partial charge in [0.25, 0.3) is 0 Å². The maximum absolute atomic E-state index is 13.0. The topological polar surface area (TPSA) is 49.4 Å². The standard InChI is InChI=1S/C15H17F3N2O2/c1-9(21)20(2)8-14(22)19-13-7-11(13)10-5-3-4-6-12(10)15(16,17)18/h3-6,11,13H,7-8H2,1-2H3,(H,19,22)/t11-,13+/m1/s1. The lowest BCUT2D eigenvalue weighted by Crippen LogP contribution is -2.38. The van der Waals surface area contributed by atoms with Gasteiger partial charge >= 0.3 is 6.18 Å². The van der Waals surface area contributed by atoms with Gasteiger partial charge in [0.05, 0.1) is 12.1 Å². The largest absolute Gasteiger partial charge is 0.416 e. The van der Waals surface area contributed by atoms with Gasteiger partial charge < -0.3 is 10.2 Å². The molecular formula is C15H17F3N2O2. The van der Waals surface area contributed by atoms with Gasteiger partial charge in [0.1, 0.15) is 0 Å². The predicted molar refractivity (Wildman–Crippen MR) is 74.0 cm³/mol. The van der Waals surface area contributed by atoms with Crippen LogP contribution in [0.1, 0.15) is 30.4 Å². The highest BCUT2D eigenvalue weighted by atomic mass is 19.4. The Bertz CT molecular complexity index is 586. The van der Waals surface area contributed by atoms with Gasteiger partial charge in [0.2, 0.25) is 11.8 Å². The maximum Gasteiger partial charge on any atom is 0.416 e. The Morgan fingerprint density at radius 1 is 1.32 bits per heavy atom. The molecule has 22 heavy (non-hydrogen) atoms. The quantitative estimate of drug-likeness (QED) is 0.926. The first-order valence-corrected chi connectivity index (χ1v) is 6.87. The molecule has 0 aromatic heterocycles. The van der Waals surface area contributed by atoms with Crippen LogP contribution in [0.4, 0.5) is 13.2 Å². The Morgan fingerprint density at radius 2 is 1.95 bits per heavy atom. The van der Waals surface area contributed by atoms with Crippen LogP contribution in [0.2, 0.25) is 0 Å². The highest BCUT2D eigenvalue weighted by Crippen LogP contribution is 2.46. The minimum Gasteiger partial charge on any atom is -0.351 e. The summed E-state index contributed by atoms with van der Waals surface area (Å²) in [5.74, 6) is -0.941. The fourth-order valence-electron chi connectivity index (χ4n) is 2.36. The van der Waals surface area contributed by atoms with Crippen molar-refractivity contribution in [2.45, 2.75) is 31.5 Å². The van der Waals surface area contributed by atoms with Crippen LogP contribution in [0.25, 0.3) is 0 Å². The lowest BCUT2D eigenvalue weighted by molar-refractivity contribution is -0.138. The van der Waals surface area contributed by atoms with Gasteiger partial charge in [-0.1, -0.05) is 18.2 Å². The van der Waals surface area contributed by atoms with Crippen LogP contribution in [0.15, 0.2) is 24.3 Å². The van der Waals surface area contributed by atoms with Crippen LogP contribution >= 0.6 is 0 Å². The number of hydrogen-bond donors (Lipinski definition) is 1. The smallest absolute Gasteiger partial charge is 0.351 e. The molecule has 0 bridgehead atoms. The van der Waals surface area contributed by atoms with Crippen LogP contribution in [0.3, 0.4) is 0 Å². The average Bonchev–Trinajstić information content (AvgIpc) is 3.16. The first-order chi connectivity index (χ1) is 10.2. The van der Waals surface area contributed by atoms with E-state index < -0.39 is 11.7 Å². The summed E-state index contributed by atoms with van der Waals surface area (Å²) in [6.07, 6.45) is -3.93. The molecule has 2 amide bonds. The number of benzene rings is 1. The second-order valence-electron chi connectivity index (χ2n) is 5.48. The van der Waals surface area contributed by atoms with E-state index in [1.54, 1.807) is 6.07 Å². The average molecular weight is 314 g/mol. The van der Waals surface area contributed by atoms with Crippen molar-refractivity contribution in [1.82, 2.24) is 10.2 Å². The number of likely N-dealkylation sites (N-methyl/N-ethyl adjacent to an activating group) is 1. The van der Waals surface area contributed by atoms with E-state index in [9.17, 15) is 22.8 Å². The molecule has 2 rings (SSSR count). The molecule has 7 heteroatoms. The summed E-state index contributed by atoms with van der Waals surface area (Å²) < 4.78 is 38.9. The van der Waals surface area contributed by atoms with Crippen molar-refractivity contribution < 1.29 is 22.8 Å². The number of nitrogens with zero attached hydrogens (tertiary/aromatic N) is 1. The summed E-state index contributed by atoms with van der Waals surface area (Å²) in [5.41, 5.74) is -0.446. The van der Waals surface area contributed by atoms with E-state index in [1.165, 1.54) is 31.0 Å². The Hall–Kier alpha value is -2.05. The lowest BCUT2D eigenvalue weighted by Gasteiger charge is -2.15. The number of carbonyl (C=O) groups is 2. The minimum atomic E-state index is -4.40. The van der Waals surface area contributed by atoms with Gasteiger partial charge in [-0.15, -0.1) is 0 Å². The molecule has 0 heterocycles.